The Morgan fingerprint density at radius 2 is 2.15 bits per heavy atom. The van der Waals surface area contributed by atoms with E-state index in [1.165, 1.54) is 19.3 Å². The molecule has 1 fully saturated rings. The monoisotopic (exact) mass is 340 g/mol. The zero-order valence-electron chi connectivity index (χ0n) is 12.0. The first-order valence-corrected chi connectivity index (χ1v) is 7.82. The molecule has 0 unspecified atom stereocenters. The first-order valence-electron chi connectivity index (χ1n) is 7.03. The van der Waals surface area contributed by atoms with E-state index in [9.17, 15) is 4.79 Å². The van der Waals surface area contributed by atoms with Crippen molar-refractivity contribution in [1.82, 2.24) is 0 Å². The molecule has 0 aliphatic heterocycles. The number of carboxylic acid groups (broad SMARTS) is 1. The third-order valence-corrected chi connectivity index (χ3v) is 4.63. The highest BCUT2D eigenvalue weighted by Crippen LogP contribution is 2.34. The highest BCUT2D eigenvalue weighted by atomic mass is 79.9. The fraction of sp³-hybridized carbons (Fsp3) is 0.562. The maximum atomic E-state index is 10.9. The Labute approximate surface area is 128 Å². The first-order chi connectivity index (χ1) is 9.38. The molecule has 0 spiro atoms. The van der Waals surface area contributed by atoms with Crippen molar-refractivity contribution in [1.29, 1.82) is 0 Å². The lowest BCUT2D eigenvalue weighted by Crippen LogP contribution is -2.22. The lowest BCUT2D eigenvalue weighted by Gasteiger charge is -2.26. The number of benzene rings is 1. The van der Waals surface area contributed by atoms with E-state index in [4.69, 9.17) is 9.84 Å². The van der Waals surface area contributed by atoms with Crippen LogP contribution in [0.25, 0.3) is 0 Å². The van der Waals surface area contributed by atoms with Crippen LogP contribution in [-0.2, 0) is 10.2 Å². The van der Waals surface area contributed by atoms with E-state index < -0.39 is 5.97 Å². The molecule has 1 saturated carbocycles. The van der Waals surface area contributed by atoms with Crippen LogP contribution >= 0.6 is 15.9 Å². The van der Waals surface area contributed by atoms with Gasteiger partial charge in [-0.25, -0.2) is 0 Å². The van der Waals surface area contributed by atoms with Crippen LogP contribution in [0.4, 0.5) is 0 Å². The molecule has 0 radical (unpaired) electrons. The lowest BCUT2D eigenvalue weighted by molar-refractivity contribution is -0.138. The van der Waals surface area contributed by atoms with Gasteiger partial charge in [0, 0.05) is 5.41 Å². The second-order valence-electron chi connectivity index (χ2n) is 6.21. The minimum atomic E-state index is -0.781. The normalized spacial score (nSPS) is 15.8. The smallest absolute Gasteiger partial charge is 0.304 e. The average molecular weight is 341 g/mol. The summed E-state index contributed by atoms with van der Waals surface area (Å²) in [4.78, 5) is 10.9. The van der Waals surface area contributed by atoms with Gasteiger partial charge in [0.05, 0.1) is 17.5 Å². The maximum absolute atomic E-state index is 10.9. The Morgan fingerprint density at radius 3 is 2.65 bits per heavy atom. The Kier molecular flexibility index (Phi) is 4.74. The molecular weight excluding hydrogens is 320 g/mol. The summed E-state index contributed by atoms with van der Waals surface area (Å²) in [7, 11) is 0. The van der Waals surface area contributed by atoms with Gasteiger partial charge < -0.3 is 9.84 Å². The van der Waals surface area contributed by atoms with Crippen LogP contribution in [0, 0.1) is 5.92 Å². The Balaban J connectivity index is 2.05. The lowest BCUT2D eigenvalue weighted by atomic mass is 9.81. The van der Waals surface area contributed by atoms with Gasteiger partial charge in [-0.1, -0.05) is 26.3 Å². The quantitative estimate of drug-likeness (QED) is 0.835. The molecule has 0 heterocycles. The number of hydrogen-bond donors (Lipinski definition) is 1. The van der Waals surface area contributed by atoms with Gasteiger partial charge in [-0.05, 0) is 52.4 Å². The van der Waals surface area contributed by atoms with E-state index in [-0.39, 0.29) is 11.8 Å². The van der Waals surface area contributed by atoms with Crippen LogP contribution in [0.5, 0.6) is 5.75 Å². The zero-order chi connectivity index (χ0) is 14.8. The standard InChI is InChI=1S/C16H21BrO3/c1-16(2,9-15(18)19)12-6-7-14(13(17)8-12)20-10-11-4-3-5-11/h6-8,11H,3-5,9-10H2,1-2H3,(H,18,19). The van der Waals surface area contributed by atoms with E-state index >= 15 is 0 Å². The molecule has 1 aliphatic carbocycles. The SMILES string of the molecule is CC(C)(CC(=O)O)c1ccc(OCC2CCC2)c(Br)c1. The van der Waals surface area contributed by atoms with E-state index in [2.05, 4.69) is 15.9 Å². The van der Waals surface area contributed by atoms with Crippen LogP contribution < -0.4 is 4.74 Å². The number of rotatable bonds is 6. The molecule has 20 heavy (non-hydrogen) atoms. The molecule has 0 aromatic heterocycles. The summed E-state index contributed by atoms with van der Waals surface area (Å²) < 4.78 is 6.72. The Morgan fingerprint density at radius 1 is 1.45 bits per heavy atom. The van der Waals surface area contributed by atoms with Crippen molar-refractivity contribution in [2.75, 3.05) is 6.61 Å². The summed E-state index contributed by atoms with van der Waals surface area (Å²) in [6.07, 6.45) is 3.96. The Hall–Kier alpha value is -1.03. The van der Waals surface area contributed by atoms with Gasteiger partial charge in [0.1, 0.15) is 5.75 Å². The molecule has 3 nitrogen and oxygen atoms in total. The number of carbonyl (C=O) groups is 1. The van der Waals surface area contributed by atoms with Crippen molar-refractivity contribution < 1.29 is 14.6 Å². The van der Waals surface area contributed by atoms with E-state index in [1.54, 1.807) is 0 Å². The minimum absolute atomic E-state index is 0.113. The van der Waals surface area contributed by atoms with Gasteiger partial charge in [-0.15, -0.1) is 0 Å². The summed E-state index contributed by atoms with van der Waals surface area (Å²) in [5.41, 5.74) is 0.615. The molecule has 2 rings (SSSR count). The van der Waals surface area contributed by atoms with Gasteiger partial charge in [-0.2, -0.15) is 0 Å². The molecule has 0 amide bonds. The largest absolute Gasteiger partial charge is 0.492 e. The molecule has 0 atom stereocenters. The van der Waals surface area contributed by atoms with Crippen molar-refractivity contribution >= 4 is 21.9 Å². The molecule has 1 aromatic rings. The van der Waals surface area contributed by atoms with Gasteiger partial charge in [-0.3, -0.25) is 4.79 Å². The van der Waals surface area contributed by atoms with Crippen molar-refractivity contribution in [3.05, 3.63) is 28.2 Å². The van der Waals surface area contributed by atoms with Crippen LogP contribution in [0.2, 0.25) is 0 Å². The number of ether oxygens (including phenoxy) is 1. The second kappa shape index (κ2) is 6.17. The summed E-state index contributed by atoms with van der Waals surface area (Å²) in [6.45, 7) is 4.66. The van der Waals surface area contributed by atoms with Crippen molar-refractivity contribution in [2.24, 2.45) is 5.92 Å². The van der Waals surface area contributed by atoms with Crippen LogP contribution in [0.3, 0.4) is 0 Å². The highest BCUT2D eigenvalue weighted by molar-refractivity contribution is 9.10. The van der Waals surface area contributed by atoms with Crippen LogP contribution in [0.15, 0.2) is 22.7 Å². The summed E-state index contributed by atoms with van der Waals surface area (Å²) in [5.74, 6) is 0.758. The van der Waals surface area contributed by atoms with Gasteiger partial charge >= 0.3 is 5.97 Å². The summed E-state index contributed by atoms with van der Waals surface area (Å²) in [6, 6.07) is 5.87. The van der Waals surface area contributed by atoms with Gasteiger partial charge in [0.25, 0.3) is 0 Å². The molecular formula is C16H21BrO3. The number of aliphatic carboxylic acids is 1. The molecule has 0 bridgehead atoms. The minimum Gasteiger partial charge on any atom is -0.492 e. The third-order valence-electron chi connectivity index (χ3n) is 4.01. The molecule has 1 aromatic carbocycles. The fourth-order valence-corrected chi connectivity index (χ4v) is 2.88. The second-order valence-corrected chi connectivity index (χ2v) is 7.06. The predicted molar refractivity (Wildman–Crippen MR) is 82.3 cm³/mol. The molecule has 110 valence electrons. The van der Waals surface area contributed by atoms with Gasteiger partial charge in [0.2, 0.25) is 0 Å². The molecule has 0 saturated heterocycles. The van der Waals surface area contributed by atoms with Crippen molar-refractivity contribution in [2.45, 2.75) is 44.9 Å². The fourth-order valence-electron chi connectivity index (χ4n) is 2.39. The third kappa shape index (κ3) is 3.75. The number of carboxylic acids is 1. The molecule has 1 aliphatic rings. The van der Waals surface area contributed by atoms with Crippen LogP contribution in [0.1, 0.15) is 45.1 Å². The van der Waals surface area contributed by atoms with E-state index in [0.29, 0.717) is 5.92 Å². The van der Waals surface area contributed by atoms with Crippen molar-refractivity contribution in [3.63, 3.8) is 0 Å². The topological polar surface area (TPSA) is 46.5 Å². The Bertz CT molecular complexity index is 492. The maximum Gasteiger partial charge on any atom is 0.304 e. The molecule has 1 N–H and O–H groups in total. The van der Waals surface area contributed by atoms with Crippen LogP contribution in [-0.4, -0.2) is 17.7 Å². The average Bonchev–Trinajstić information content (AvgIpc) is 2.27. The van der Waals surface area contributed by atoms with E-state index in [0.717, 1.165) is 22.4 Å². The summed E-state index contributed by atoms with van der Waals surface area (Å²) in [5, 5.41) is 8.98. The highest BCUT2D eigenvalue weighted by Gasteiger charge is 2.25. The molecule has 4 heteroatoms. The number of halogens is 1. The van der Waals surface area contributed by atoms with Crippen molar-refractivity contribution in [3.8, 4) is 5.75 Å². The number of hydrogen-bond acceptors (Lipinski definition) is 2. The summed E-state index contributed by atoms with van der Waals surface area (Å²) >= 11 is 3.52. The predicted octanol–water partition coefficient (Wildman–Crippen LogP) is 4.38. The van der Waals surface area contributed by atoms with E-state index in [1.807, 2.05) is 32.0 Å². The van der Waals surface area contributed by atoms with Gasteiger partial charge in [0.15, 0.2) is 0 Å². The zero-order valence-corrected chi connectivity index (χ0v) is 13.6. The first kappa shape index (κ1) is 15.4.